The molecule has 0 spiro atoms. The number of rotatable bonds is 2. The summed E-state index contributed by atoms with van der Waals surface area (Å²) in [7, 11) is 0. The largest absolute Gasteiger partial charge is 0.0613 e. The zero-order valence-corrected chi connectivity index (χ0v) is 12.1. The van der Waals surface area contributed by atoms with Gasteiger partial charge in [-0.15, -0.1) is 0 Å². The van der Waals surface area contributed by atoms with Crippen LogP contribution in [0.15, 0.2) is 6.07 Å². The Morgan fingerprint density at radius 3 is 2.29 bits per heavy atom. The Balaban J connectivity index is 2.72. The van der Waals surface area contributed by atoms with Crippen LogP contribution in [0.2, 0.25) is 0 Å². The lowest BCUT2D eigenvalue weighted by Gasteiger charge is -2.28. The fraction of sp³-hybridized carbons (Fsp3) is 0.647. The van der Waals surface area contributed by atoms with Gasteiger partial charge in [0.05, 0.1) is 0 Å². The fourth-order valence-electron chi connectivity index (χ4n) is 3.48. The topological polar surface area (TPSA) is 0 Å². The third-order valence-corrected chi connectivity index (χ3v) is 4.08. The van der Waals surface area contributed by atoms with Gasteiger partial charge in [0, 0.05) is 0 Å². The highest BCUT2D eigenvalue weighted by Gasteiger charge is 2.27. The molecule has 0 atom stereocenters. The second-order valence-electron chi connectivity index (χ2n) is 6.34. The molecule has 0 heteroatoms. The second-order valence-corrected chi connectivity index (χ2v) is 6.34. The third kappa shape index (κ3) is 2.14. The summed E-state index contributed by atoms with van der Waals surface area (Å²) in [6.45, 7) is 11.7. The van der Waals surface area contributed by atoms with Crippen molar-refractivity contribution in [3.05, 3.63) is 33.9 Å². The van der Waals surface area contributed by atoms with Crippen molar-refractivity contribution in [1.82, 2.24) is 0 Å². The SMILES string of the molecule is CCc1cc2c(c(C(C)(C)C)c1CC)CCC2. The van der Waals surface area contributed by atoms with Gasteiger partial charge in [-0.3, -0.25) is 0 Å². The molecule has 17 heavy (non-hydrogen) atoms. The van der Waals surface area contributed by atoms with E-state index in [2.05, 4.69) is 40.7 Å². The minimum absolute atomic E-state index is 0.297. The van der Waals surface area contributed by atoms with Crippen molar-refractivity contribution in [3.63, 3.8) is 0 Å². The second kappa shape index (κ2) is 4.48. The smallest absolute Gasteiger partial charge is 0.0126 e. The maximum absolute atomic E-state index is 2.50. The van der Waals surface area contributed by atoms with Crippen LogP contribution in [0, 0.1) is 0 Å². The maximum atomic E-state index is 2.50. The van der Waals surface area contributed by atoms with Gasteiger partial charge >= 0.3 is 0 Å². The summed E-state index contributed by atoms with van der Waals surface area (Å²) in [5.74, 6) is 0. The molecular weight excluding hydrogens is 204 g/mol. The van der Waals surface area contributed by atoms with Gasteiger partial charge in [0.1, 0.15) is 0 Å². The van der Waals surface area contributed by atoms with Crippen LogP contribution in [0.25, 0.3) is 0 Å². The van der Waals surface area contributed by atoms with E-state index in [1.807, 2.05) is 0 Å². The van der Waals surface area contributed by atoms with Crippen LogP contribution >= 0.6 is 0 Å². The summed E-state index contributed by atoms with van der Waals surface area (Å²) in [4.78, 5) is 0. The molecule has 0 nitrogen and oxygen atoms in total. The Hall–Kier alpha value is -0.780. The molecule has 0 bridgehead atoms. The van der Waals surface area contributed by atoms with Gasteiger partial charge in [0.15, 0.2) is 0 Å². The molecule has 94 valence electrons. The number of hydrogen-bond donors (Lipinski definition) is 0. The number of aryl methyl sites for hydroxylation is 2. The lowest BCUT2D eigenvalue weighted by atomic mass is 9.77. The van der Waals surface area contributed by atoms with Crippen molar-refractivity contribution >= 4 is 0 Å². The summed E-state index contributed by atoms with van der Waals surface area (Å²) < 4.78 is 0. The normalized spacial score (nSPS) is 15.1. The van der Waals surface area contributed by atoms with E-state index in [0.29, 0.717) is 5.41 Å². The van der Waals surface area contributed by atoms with E-state index in [4.69, 9.17) is 0 Å². The Kier molecular flexibility index (Phi) is 3.34. The maximum Gasteiger partial charge on any atom is -0.0126 e. The molecule has 1 aliphatic rings. The third-order valence-electron chi connectivity index (χ3n) is 4.08. The van der Waals surface area contributed by atoms with Crippen molar-refractivity contribution in [2.45, 2.75) is 72.1 Å². The average molecular weight is 230 g/mol. The lowest BCUT2D eigenvalue weighted by molar-refractivity contribution is 0.575. The first kappa shape index (κ1) is 12.7. The summed E-state index contributed by atoms with van der Waals surface area (Å²) in [6, 6.07) is 2.50. The summed E-state index contributed by atoms with van der Waals surface area (Å²) in [5.41, 5.74) is 8.53. The molecule has 0 aliphatic heterocycles. The van der Waals surface area contributed by atoms with E-state index < -0.39 is 0 Å². The van der Waals surface area contributed by atoms with E-state index >= 15 is 0 Å². The molecule has 1 aromatic rings. The lowest BCUT2D eigenvalue weighted by Crippen LogP contribution is -2.19. The zero-order chi connectivity index (χ0) is 12.6. The van der Waals surface area contributed by atoms with E-state index in [0.717, 1.165) is 0 Å². The molecule has 0 amide bonds. The minimum atomic E-state index is 0.297. The van der Waals surface area contributed by atoms with Gasteiger partial charge < -0.3 is 0 Å². The first-order chi connectivity index (χ1) is 7.99. The standard InChI is InChI=1S/C17H26/c1-6-12-11-13-9-8-10-15(13)16(14(12)7-2)17(3,4)5/h11H,6-10H2,1-5H3. The highest BCUT2D eigenvalue weighted by atomic mass is 14.3. The minimum Gasteiger partial charge on any atom is -0.0613 e. The van der Waals surface area contributed by atoms with Crippen LogP contribution in [-0.2, 0) is 31.1 Å². The predicted molar refractivity (Wildman–Crippen MR) is 75.9 cm³/mol. The van der Waals surface area contributed by atoms with Crippen LogP contribution in [-0.4, -0.2) is 0 Å². The van der Waals surface area contributed by atoms with Crippen LogP contribution in [0.1, 0.15) is 68.9 Å². The van der Waals surface area contributed by atoms with E-state index in [1.54, 1.807) is 27.8 Å². The predicted octanol–water partition coefficient (Wildman–Crippen LogP) is 4.60. The molecule has 0 fully saturated rings. The van der Waals surface area contributed by atoms with Gasteiger partial charge in [-0.1, -0.05) is 40.7 Å². The van der Waals surface area contributed by atoms with E-state index in [-0.39, 0.29) is 0 Å². The summed E-state index contributed by atoms with van der Waals surface area (Å²) in [5, 5.41) is 0. The molecule has 0 saturated heterocycles. The molecular formula is C17H26. The Morgan fingerprint density at radius 1 is 1.06 bits per heavy atom. The van der Waals surface area contributed by atoms with E-state index in [9.17, 15) is 0 Å². The number of hydrogen-bond acceptors (Lipinski definition) is 0. The van der Waals surface area contributed by atoms with Crippen LogP contribution in [0.4, 0.5) is 0 Å². The Labute approximate surface area is 106 Å². The Bertz CT molecular complexity index is 419. The summed E-state index contributed by atoms with van der Waals surface area (Å²) in [6.07, 6.45) is 6.33. The highest BCUT2D eigenvalue weighted by molar-refractivity contribution is 5.51. The van der Waals surface area contributed by atoms with Crippen LogP contribution in [0.5, 0.6) is 0 Å². The molecule has 0 unspecified atom stereocenters. The van der Waals surface area contributed by atoms with Gasteiger partial charge in [0.2, 0.25) is 0 Å². The van der Waals surface area contributed by atoms with Gasteiger partial charge in [0.25, 0.3) is 0 Å². The van der Waals surface area contributed by atoms with Crippen molar-refractivity contribution in [2.24, 2.45) is 0 Å². The van der Waals surface area contributed by atoms with E-state index in [1.165, 1.54) is 32.1 Å². The first-order valence-electron chi connectivity index (χ1n) is 7.16. The number of fused-ring (bicyclic) bond motifs is 1. The molecule has 2 rings (SSSR count). The molecule has 0 heterocycles. The molecule has 1 aliphatic carbocycles. The average Bonchev–Trinajstić information content (AvgIpc) is 2.71. The monoisotopic (exact) mass is 230 g/mol. The highest BCUT2D eigenvalue weighted by Crippen LogP contribution is 2.38. The molecule has 0 radical (unpaired) electrons. The molecule has 0 N–H and O–H groups in total. The molecule has 0 aromatic heterocycles. The first-order valence-corrected chi connectivity index (χ1v) is 7.16. The van der Waals surface area contributed by atoms with Crippen LogP contribution in [0.3, 0.4) is 0 Å². The van der Waals surface area contributed by atoms with Gasteiger partial charge in [-0.2, -0.15) is 0 Å². The zero-order valence-electron chi connectivity index (χ0n) is 12.1. The van der Waals surface area contributed by atoms with Gasteiger partial charge in [-0.05, 0) is 65.3 Å². The van der Waals surface area contributed by atoms with Crippen molar-refractivity contribution < 1.29 is 0 Å². The fourth-order valence-corrected chi connectivity index (χ4v) is 3.48. The van der Waals surface area contributed by atoms with Crippen molar-refractivity contribution in [3.8, 4) is 0 Å². The van der Waals surface area contributed by atoms with Gasteiger partial charge in [-0.25, -0.2) is 0 Å². The molecule has 1 aromatic carbocycles. The molecule has 0 saturated carbocycles. The van der Waals surface area contributed by atoms with Crippen molar-refractivity contribution in [2.75, 3.05) is 0 Å². The summed E-state index contributed by atoms with van der Waals surface area (Å²) >= 11 is 0. The quantitative estimate of drug-likeness (QED) is 0.696. The number of benzene rings is 1. The Morgan fingerprint density at radius 2 is 1.76 bits per heavy atom. The van der Waals surface area contributed by atoms with Crippen molar-refractivity contribution in [1.29, 1.82) is 0 Å². The van der Waals surface area contributed by atoms with Crippen LogP contribution < -0.4 is 0 Å².